The monoisotopic (exact) mass is 181 g/mol. The first-order chi connectivity index (χ1) is 6.36. The van der Waals surface area contributed by atoms with Gasteiger partial charge in [0.05, 0.1) is 0 Å². The summed E-state index contributed by atoms with van der Waals surface area (Å²) >= 11 is 0. The number of hydrogen-bond acceptors (Lipinski definition) is 1. The lowest BCUT2D eigenvalue weighted by molar-refractivity contribution is 0.309. The maximum atomic E-state index is 3.87. The summed E-state index contributed by atoms with van der Waals surface area (Å²) in [5.74, 6) is 0.932. The lowest BCUT2D eigenvalue weighted by atomic mass is 9.94. The van der Waals surface area contributed by atoms with E-state index >= 15 is 0 Å². The van der Waals surface area contributed by atoms with Crippen molar-refractivity contribution in [2.45, 2.75) is 70.4 Å². The Balaban J connectivity index is 1.75. The standard InChI is InChI=1S/C12H23N/c1-10-6-5-9-12(10)13-11-7-3-2-4-8-11/h10-13H,2-9H2,1H3. The van der Waals surface area contributed by atoms with Crippen LogP contribution in [0.15, 0.2) is 0 Å². The molecular formula is C12H23N. The molecular weight excluding hydrogens is 158 g/mol. The molecule has 2 aliphatic rings. The zero-order valence-electron chi connectivity index (χ0n) is 8.89. The molecule has 2 unspecified atom stereocenters. The van der Waals surface area contributed by atoms with E-state index in [1.165, 1.54) is 51.4 Å². The molecule has 0 saturated heterocycles. The van der Waals surface area contributed by atoms with E-state index < -0.39 is 0 Å². The van der Waals surface area contributed by atoms with E-state index in [-0.39, 0.29) is 0 Å². The first-order valence-electron chi connectivity index (χ1n) is 6.12. The summed E-state index contributed by atoms with van der Waals surface area (Å²) in [6.07, 6.45) is 11.6. The van der Waals surface area contributed by atoms with E-state index in [4.69, 9.17) is 0 Å². The van der Waals surface area contributed by atoms with E-state index in [1.807, 2.05) is 0 Å². The zero-order chi connectivity index (χ0) is 9.10. The average molecular weight is 181 g/mol. The lowest BCUT2D eigenvalue weighted by Gasteiger charge is -2.28. The molecule has 1 heteroatoms. The van der Waals surface area contributed by atoms with Gasteiger partial charge >= 0.3 is 0 Å². The normalized spacial score (nSPS) is 36.7. The van der Waals surface area contributed by atoms with Gasteiger partial charge in [0.1, 0.15) is 0 Å². The molecule has 1 N–H and O–H groups in total. The number of nitrogens with one attached hydrogen (secondary N) is 1. The summed E-state index contributed by atoms with van der Waals surface area (Å²) in [7, 11) is 0. The molecule has 0 radical (unpaired) electrons. The van der Waals surface area contributed by atoms with Crippen LogP contribution >= 0.6 is 0 Å². The molecule has 13 heavy (non-hydrogen) atoms. The fraction of sp³-hybridized carbons (Fsp3) is 1.00. The fourth-order valence-electron chi connectivity index (χ4n) is 2.97. The van der Waals surface area contributed by atoms with E-state index in [0.29, 0.717) is 0 Å². The van der Waals surface area contributed by atoms with Gasteiger partial charge in [-0.05, 0) is 31.6 Å². The first-order valence-corrected chi connectivity index (χ1v) is 6.12. The highest BCUT2D eigenvalue weighted by atomic mass is 15.0. The van der Waals surface area contributed by atoms with Gasteiger partial charge < -0.3 is 5.32 Å². The van der Waals surface area contributed by atoms with E-state index in [1.54, 1.807) is 0 Å². The summed E-state index contributed by atoms with van der Waals surface area (Å²) in [6, 6.07) is 1.71. The third-order valence-electron chi connectivity index (χ3n) is 3.92. The minimum atomic E-state index is 0.850. The van der Waals surface area contributed by atoms with Gasteiger partial charge in [0.15, 0.2) is 0 Å². The molecule has 2 saturated carbocycles. The molecule has 0 heterocycles. The molecule has 0 aliphatic heterocycles. The lowest BCUT2D eigenvalue weighted by Crippen LogP contribution is -2.40. The van der Waals surface area contributed by atoms with Gasteiger partial charge in [0.25, 0.3) is 0 Å². The Hall–Kier alpha value is -0.0400. The topological polar surface area (TPSA) is 12.0 Å². The van der Waals surface area contributed by atoms with Crippen LogP contribution in [0, 0.1) is 5.92 Å². The van der Waals surface area contributed by atoms with Crippen molar-refractivity contribution in [2.75, 3.05) is 0 Å². The van der Waals surface area contributed by atoms with Crippen LogP contribution in [0.25, 0.3) is 0 Å². The third kappa shape index (κ3) is 2.46. The first kappa shape index (κ1) is 9.51. The van der Waals surface area contributed by atoms with Gasteiger partial charge in [-0.2, -0.15) is 0 Å². The fourth-order valence-corrected chi connectivity index (χ4v) is 2.97. The van der Waals surface area contributed by atoms with Crippen LogP contribution in [0.2, 0.25) is 0 Å². The molecule has 2 fully saturated rings. The second kappa shape index (κ2) is 4.45. The zero-order valence-corrected chi connectivity index (χ0v) is 8.89. The van der Waals surface area contributed by atoms with E-state index in [9.17, 15) is 0 Å². The van der Waals surface area contributed by atoms with Gasteiger partial charge in [-0.25, -0.2) is 0 Å². The van der Waals surface area contributed by atoms with Crippen LogP contribution in [-0.2, 0) is 0 Å². The second-order valence-corrected chi connectivity index (χ2v) is 5.02. The van der Waals surface area contributed by atoms with Crippen LogP contribution in [0.3, 0.4) is 0 Å². The highest BCUT2D eigenvalue weighted by Crippen LogP contribution is 2.27. The molecule has 0 aromatic rings. The molecule has 1 nitrogen and oxygen atoms in total. The predicted octanol–water partition coefficient (Wildman–Crippen LogP) is 3.10. The summed E-state index contributed by atoms with van der Waals surface area (Å²) in [6.45, 7) is 2.41. The molecule has 0 aromatic carbocycles. The van der Waals surface area contributed by atoms with Gasteiger partial charge in [0, 0.05) is 12.1 Å². The third-order valence-corrected chi connectivity index (χ3v) is 3.92. The summed E-state index contributed by atoms with van der Waals surface area (Å²) in [5.41, 5.74) is 0. The van der Waals surface area contributed by atoms with Gasteiger partial charge in [0.2, 0.25) is 0 Å². The summed E-state index contributed by atoms with van der Waals surface area (Å²) in [4.78, 5) is 0. The van der Waals surface area contributed by atoms with Crippen LogP contribution in [-0.4, -0.2) is 12.1 Å². The molecule has 2 rings (SSSR count). The Kier molecular flexibility index (Phi) is 3.26. The van der Waals surface area contributed by atoms with Crippen LogP contribution in [0.5, 0.6) is 0 Å². The number of rotatable bonds is 2. The van der Waals surface area contributed by atoms with Crippen LogP contribution < -0.4 is 5.32 Å². The van der Waals surface area contributed by atoms with Crippen molar-refractivity contribution >= 4 is 0 Å². The predicted molar refractivity (Wildman–Crippen MR) is 56.8 cm³/mol. The molecule has 0 spiro atoms. The Morgan fingerprint density at radius 3 is 2.23 bits per heavy atom. The smallest absolute Gasteiger partial charge is 0.00952 e. The summed E-state index contributed by atoms with van der Waals surface area (Å²) < 4.78 is 0. The average Bonchev–Trinajstić information content (AvgIpc) is 2.54. The highest BCUT2D eigenvalue weighted by molar-refractivity contribution is 4.84. The minimum absolute atomic E-state index is 0.850. The van der Waals surface area contributed by atoms with E-state index in [0.717, 1.165) is 18.0 Å². The van der Waals surface area contributed by atoms with Crippen molar-refractivity contribution in [2.24, 2.45) is 5.92 Å². The van der Waals surface area contributed by atoms with Crippen molar-refractivity contribution < 1.29 is 0 Å². The molecule has 0 bridgehead atoms. The van der Waals surface area contributed by atoms with Crippen LogP contribution in [0.1, 0.15) is 58.3 Å². The quantitative estimate of drug-likeness (QED) is 0.690. The largest absolute Gasteiger partial charge is 0.311 e. The number of hydrogen-bond donors (Lipinski definition) is 1. The maximum absolute atomic E-state index is 3.87. The van der Waals surface area contributed by atoms with Gasteiger partial charge in [-0.15, -0.1) is 0 Å². The Labute approximate surface area is 82.3 Å². The molecule has 2 atom stereocenters. The van der Waals surface area contributed by atoms with E-state index in [2.05, 4.69) is 12.2 Å². The van der Waals surface area contributed by atoms with Gasteiger partial charge in [-0.1, -0.05) is 32.6 Å². The molecule has 0 amide bonds. The van der Waals surface area contributed by atoms with Crippen LogP contribution in [0.4, 0.5) is 0 Å². The van der Waals surface area contributed by atoms with Crippen molar-refractivity contribution in [1.82, 2.24) is 5.32 Å². The van der Waals surface area contributed by atoms with Crippen molar-refractivity contribution in [3.8, 4) is 0 Å². The minimum Gasteiger partial charge on any atom is -0.311 e. The van der Waals surface area contributed by atoms with Crippen molar-refractivity contribution in [3.05, 3.63) is 0 Å². The maximum Gasteiger partial charge on any atom is 0.00952 e. The Morgan fingerprint density at radius 1 is 0.846 bits per heavy atom. The van der Waals surface area contributed by atoms with Crippen molar-refractivity contribution in [3.63, 3.8) is 0 Å². The highest BCUT2D eigenvalue weighted by Gasteiger charge is 2.25. The molecule has 76 valence electrons. The second-order valence-electron chi connectivity index (χ2n) is 5.02. The summed E-state index contributed by atoms with van der Waals surface area (Å²) in [5, 5.41) is 3.87. The van der Waals surface area contributed by atoms with Gasteiger partial charge in [-0.3, -0.25) is 0 Å². The Bertz CT molecular complexity index is 149. The van der Waals surface area contributed by atoms with Crippen molar-refractivity contribution in [1.29, 1.82) is 0 Å². The SMILES string of the molecule is CC1CCCC1NC1CCCCC1. The molecule has 2 aliphatic carbocycles. The molecule has 0 aromatic heterocycles. The Morgan fingerprint density at radius 2 is 1.62 bits per heavy atom.